The zero-order valence-electron chi connectivity index (χ0n) is 12.8. The van der Waals surface area contributed by atoms with Crippen LogP contribution in [0.25, 0.3) is 11.3 Å². The molecule has 0 bridgehead atoms. The summed E-state index contributed by atoms with van der Waals surface area (Å²) in [5.74, 6) is 1.71. The second-order valence-corrected chi connectivity index (χ2v) is 6.44. The molecule has 2 aromatic carbocycles. The Bertz CT molecular complexity index is 763. The molecule has 3 aromatic rings. The van der Waals surface area contributed by atoms with Crippen LogP contribution in [0.2, 0.25) is 10.0 Å². The predicted molar refractivity (Wildman–Crippen MR) is 94.7 cm³/mol. The molecule has 4 heteroatoms. The Morgan fingerprint density at radius 1 is 0.957 bits per heavy atom. The molecule has 0 spiro atoms. The smallest absolute Gasteiger partial charge is 0.158 e. The van der Waals surface area contributed by atoms with Crippen LogP contribution < -0.4 is 5.32 Å². The van der Waals surface area contributed by atoms with E-state index in [2.05, 4.69) is 36.5 Å². The third-order valence-electron chi connectivity index (χ3n) is 3.81. The Balaban J connectivity index is 1.68. The molecule has 0 unspecified atom stereocenters. The number of quaternary nitrogens is 1. The first-order valence-corrected chi connectivity index (χ1v) is 8.31. The van der Waals surface area contributed by atoms with Crippen molar-refractivity contribution < 1.29 is 9.73 Å². The lowest BCUT2D eigenvalue weighted by atomic mass is 10.1. The van der Waals surface area contributed by atoms with E-state index >= 15 is 0 Å². The molecule has 1 heterocycles. The average Bonchev–Trinajstić information content (AvgIpc) is 3.01. The molecule has 0 aliphatic heterocycles. The van der Waals surface area contributed by atoms with Gasteiger partial charge in [-0.1, -0.05) is 53.5 Å². The molecule has 3 rings (SSSR count). The van der Waals surface area contributed by atoms with Crippen molar-refractivity contribution in [2.45, 2.75) is 19.5 Å². The maximum absolute atomic E-state index is 6.05. The van der Waals surface area contributed by atoms with E-state index in [1.807, 2.05) is 30.3 Å². The van der Waals surface area contributed by atoms with Crippen molar-refractivity contribution in [2.75, 3.05) is 0 Å². The molecule has 0 aliphatic carbocycles. The third kappa shape index (κ3) is 4.17. The summed E-state index contributed by atoms with van der Waals surface area (Å²) in [6.07, 6.45) is 0. The Kier molecular flexibility index (Phi) is 5.06. The minimum absolute atomic E-state index is 0.380. The van der Waals surface area contributed by atoms with E-state index in [0.717, 1.165) is 23.6 Å². The van der Waals surface area contributed by atoms with E-state index in [1.54, 1.807) is 6.07 Å². The maximum atomic E-state index is 6.05. The summed E-state index contributed by atoms with van der Waals surface area (Å²) in [6, 6.07) is 20.2. The lowest BCUT2D eigenvalue weighted by Crippen LogP contribution is -2.82. The van der Waals surface area contributed by atoms with Gasteiger partial charge < -0.3 is 9.73 Å². The normalized spacial score (nSPS) is 12.3. The van der Waals surface area contributed by atoms with Gasteiger partial charge in [0.1, 0.15) is 18.3 Å². The van der Waals surface area contributed by atoms with Gasteiger partial charge in [0.25, 0.3) is 0 Å². The fourth-order valence-electron chi connectivity index (χ4n) is 2.52. The van der Waals surface area contributed by atoms with E-state index in [4.69, 9.17) is 27.6 Å². The van der Waals surface area contributed by atoms with E-state index in [9.17, 15) is 0 Å². The Labute approximate surface area is 146 Å². The van der Waals surface area contributed by atoms with Crippen LogP contribution in [0.4, 0.5) is 0 Å². The molecule has 0 radical (unpaired) electrons. The van der Waals surface area contributed by atoms with Gasteiger partial charge in [0, 0.05) is 21.2 Å². The number of nitrogens with two attached hydrogens (primary N) is 1. The highest BCUT2D eigenvalue weighted by Gasteiger charge is 2.11. The first kappa shape index (κ1) is 16.1. The van der Waals surface area contributed by atoms with Crippen LogP contribution in [0.3, 0.4) is 0 Å². The summed E-state index contributed by atoms with van der Waals surface area (Å²) in [7, 11) is 0. The van der Waals surface area contributed by atoms with Crippen LogP contribution in [-0.2, 0) is 6.54 Å². The molecule has 0 fully saturated rings. The highest BCUT2D eigenvalue weighted by molar-refractivity contribution is 6.35. The van der Waals surface area contributed by atoms with Gasteiger partial charge in [-0.05, 0) is 37.3 Å². The molecule has 1 aromatic heterocycles. The first-order chi connectivity index (χ1) is 11.1. The van der Waals surface area contributed by atoms with Gasteiger partial charge in [0.15, 0.2) is 5.76 Å². The lowest BCUT2D eigenvalue weighted by molar-refractivity contribution is -0.709. The van der Waals surface area contributed by atoms with Crippen LogP contribution in [0.15, 0.2) is 65.1 Å². The summed E-state index contributed by atoms with van der Waals surface area (Å²) < 4.78 is 5.92. The fourth-order valence-corrected chi connectivity index (χ4v) is 3.05. The molecule has 1 atom stereocenters. The van der Waals surface area contributed by atoms with Crippen molar-refractivity contribution in [2.24, 2.45) is 0 Å². The van der Waals surface area contributed by atoms with Gasteiger partial charge in [-0.2, -0.15) is 0 Å². The minimum atomic E-state index is 0.380. The zero-order chi connectivity index (χ0) is 16.2. The molecule has 0 aliphatic rings. The number of benzene rings is 2. The Morgan fingerprint density at radius 3 is 2.35 bits per heavy atom. The number of hydrogen-bond acceptors (Lipinski definition) is 1. The number of furan rings is 1. The number of hydrogen-bond donors (Lipinski definition) is 1. The molecular formula is C19H18Cl2NO+. The van der Waals surface area contributed by atoms with E-state index in [-0.39, 0.29) is 0 Å². The topological polar surface area (TPSA) is 29.8 Å². The lowest BCUT2D eigenvalue weighted by Gasteiger charge is -2.09. The number of halogens is 2. The fraction of sp³-hybridized carbons (Fsp3) is 0.158. The average molecular weight is 347 g/mol. The summed E-state index contributed by atoms with van der Waals surface area (Å²) >= 11 is 12.1. The summed E-state index contributed by atoms with van der Waals surface area (Å²) in [5.41, 5.74) is 2.20. The second-order valence-electron chi connectivity index (χ2n) is 5.56. The van der Waals surface area contributed by atoms with Crippen LogP contribution in [0.1, 0.15) is 24.3 Å². The molecule has 0 saturated heterocycles. The molecule has 0 saturated carbocycles. The van der Waals surface area contributed by atoms with Gasteiger partial charge >= 0.3 is 0 Å². The van der Waals surface area contributed by atoms with E-state index in [1.165, 1.54) is 5.56 Å². The third-order valence-corrected chi connectivity index (χ3v) is 4.24. The first-order valence-electron chi connectivity index (χ1n) is 7.55. The largest absolute Gasteiger partial charge is 0.455 e. The molecule has 23 heavy (non-hydrogen) atoms. The minimum Gasteiger partial charge on any atom is -0.455 e. The monoisotopic (exact) mass is 346 g/mol. The molecule has 0 amide bonds. The number of rotatable bonds is 5. The molecule has 2 N–H and O–H groups in total. The Morgan fingerprint density at radius 2 is 1.65 bits per heavy atom. The summed E-state index contributed by atoms with van der Waals surface area (Å²) in [4.78, 5) is 0. The standard InChI is InChI=1S/C19H17Cl2NO/c1-13(14-5-3-2-4-6-14)22-12-18-7-8-19(23-18)15-9-16(20)11-17(21)10-15/h2-11,13,22H,12H2,1H3/p+1/t13-/m0/s1. The molecule has 118 valence electrons. The molecular weight excluding hydrogens is 329 g/mol. The van der Waals surface area contributed by atoms with Crippen molar-refractivity contribution in [3.63, 3.8) is 0 Å². The van der Waals surface area contributed by atoms with Gasteiger partial charge in [0.2, 0.25) is 0 Å². The van der Waals surface area contributed by atoms with Crippen LogP contribution in [0.5, 0.6) is 0 Å². The highest BCUT2D eigenvalue weighted by Crippen LogP contribution is 2.28. The summed E-state index contributed by atoms with van der Waals surface area (Å²) in [6.45, 7) is 2.97. The predicted octanol–water partition coefficient (Wildman–Crippen LogP) is 5.08. The van der Waals surface area contributed by atoms with Crippen LogP contribution >= 0.6 is 23.2 Å². The Hall–Kier alpha value is -1.74. The van der Waals surface area contributed by atoms with E-state index < -0.39 is 0 Å². The highest BCUT2D eigenvalue weighted by atomic mass is 35.5. The van der Waals surface area contributed by atoms with Crippen molar-refractivity contribution in [3.8, 4) is 11.3 Å². The van der Waals surface area contributed by atoms with Gasteiger partial charge in [-0.25, -0.2) is 0 Å². The van der Waals surface area contributed by atoms with Gasteiger partial charge in [-0.15, -0.1) is 0 Å². The quantitative estimate of drug-likeness (QED) is 0.685. The zero-order valence-corrected chi connectivity index (χ0v) is 14.3. The van der Waals surface area contributed by atoms with Crippen molar-refractivity contribution in [3.05, 3.63) is 82.0 Å². The van der Waals surface area contributed by atoms with Crippen molar-refractivity contribution in [1.29, 1.82) is 0 Å². The van der Waals surface area contributed by atoms with Crippen LogP contribution in [0, 0.1) is 0 Å². The van der Waals surface area contributed by atoms with Crippen molar-refractivity contribution >= 4 is 23.2 Å². The molecule has 2 nitrogen and oxygen atoms in total. The van der Waals surface area contributed by atoms with Gasteiger partial charge in [-0.3, -0.25) is 0 Å². The SMILES string of the molecule is C[C@H]([NH2+]Cc1ccc(-c2cc(Cl)cc(Cl)c2)o1)c1ccccc1. The maximum Gasteiger partial charge on any atom is 0.158 e. The summed E-state index contributed by atoms with van der Waals surface area (Å²) in [5, 5.41) is 3.47. The van der Waals surface area contributed by atoms with Crippen LogP contribution in [-0.4, -0.2) is 0 Å². The van der Waals surface area contributed by atoms with Crippen molar-refractivity contribution in [1.82, 2.24) is 0 Å². The van der Waals surface area contributed by atoms with Gasteiger partial charge in [0.05, 0.1) is 0 Å². The second kappa shape index (κ2) is 7.22. The van der Waals surface area contributed by atoms with E-state index in [0.29, 0.717) is 16.1 Å².